The van der Waals surface area contributed by atoms with Crippen LogP contribution < -0.4 is 5.32 Å². The average molecular weight is 230 g/mol. The number of rotatable bonds is 4. The van der Waals surface area contributed by atoms with Crippen LogP contribution in [0.4, 0.5) is 5.69 Å². The molecule has 2 heteroatoms. The summed E-state index contributed by atoms with van der Waals surface area (Å²) < 4.78 is 0. The fraction of sp³-hybridized carbons (Fsp3) is 0.600. The van der Waals surface area contributed by atoms with Crippen molar-refractivity contribution in [2.75, 3.05) is 25.5 Å². The van der Waals surface area contributed by atoms with Crippen LogP contribution in [0.1, 0.15) is 31.2 Å². The number of benzene rings is 1. The van der Waals surface area contributed by atoms with Crippen molar-refractivity contribution in [2.45, 2.75) is 31.7 Å². The van der Waals surface area contributed by atoms with E-state index in [4.69, 9.17) is 0 Å². The Kier molecular flexibility index (Phi) is 2.83. The molecule has 1 aliphatic carbocycles. The van der Waals surface area contributed by atoms with Crippen molar-refractivity contribution < 1.29 is 0 Å². The Balaban J connectivity index is 1.66. The zero-order valence-corrected chi connectivity index (χ0v) is 10.8. The minimum atomic E-state index is 0.664. The molecule has 1 aromatic rings. The third-order valence-corrected chi connectivity index (χ3v) is 4.45. The minimum Gasteiger partial charge on any atom is -0.384 e. The van der Waals surface area contributed by atoms with Crippen molar-refractivity contribution in [2.24, 2.45) is 5.92 Å². The van der Waals surface area contributed by atoms with E-state index in [0.717, 1.165) is 18.5 Å². The number of para-hydroxylation sites is 1. The lowest BCUT2D eigenvalue weighted by Gasteiger charge is -2.27. The topological polar surface area (TPSA) is 15.3 Å². The predicted molar refractivity (Wildman–Crippen MR) is 72.5 cm³/mol. The molecule has 0 aromatic heterocycles. The van der Waals surface area contributed by atoms with E-state index in [1.807, 2.05) is 0 Å². The molecule has 0 bridgehead atoms. The quantitative estimate of drug-likeness (QED) is 0.855. The van der Waals surface area contributed by atoms with E-state index >= 15 is 0 Å². The second-order valence-corrected chi connectivity index (χ2v) is 5.68. The molecule has 0 amide bonds. The third-order valence-electron chi connectivity index (χ3n) is 4.45. The van der Waals surface area contributed by atoms with Crippen molar-refractivity contribution >= 4 is 5.69 Å². The van der Waals surface area contributed by atoms with E-state index in [1.54, 1.807) is 0 Å². The molecule has 17 heavy (non-hydrogen) atoms. The smallest absolute Gasteiger partial charge is 0.0376 e. The van der Waals surface area contributed by atoms with Gasteiger partial charge < -0.3 is 10.2 Å². The largest absolute Gasteiger partial charge is 0.384 e. The highest BCUT2D eigenvalue weighted by Gasteiger charge is 2.32. The molecule has 2 aliphatic rings. The van der Waals surface area contributed by atoms with Crippen molar-refractivity contribution in [3.8, 4) is 0 Å². The summed E-state index contributed by atoms with van der Waals surface area (Å²) in [6, 6.07) is 9.49. The highest BCUT2D eigenvalue weighted by molar-refractivity contribution is 5.57. The summed E-state index contributed by atoms with van der Waals surface area (Å²) >= 11 is 0. The lowest BCUT2D eigenvalue weighted by atomic mass is 10.00. The number of hydrogen-bond donors (Lipinski definition) is 1. The highest BCUT2D eigenvalue weighted by atomic mass is 15.1. The van der Waals surface area contributed by atoms with Crippen LogP contribution in [0.3, 0.4) is 0 Å². The van der Waals surface area contributed by atoms with Crippen LogP contribution in [0.15, 0.2) is 24.3 Å². The second kappa shape index (κ2) is 4.34. The van der Waals surface area contributed by atoms with Crippen LogP contribution >= 0.6 is 0 Å². The van der Waals surface area contributed by atoms with Crippen LogP contribution in [0, 0.1) is 5.92 Å². The predicted octanol–water partition coefficient (Wildman–Crippen LogP) is 2.93. The molecule has 1 heterocycles. The fourth-order valence-electron chi connectivity index (χ4n) is 2.97. The molecule has 1 N–H and O–H groups in total. The van der Waals surface area contributed by atoms with Gasteiger partial charge in [-0.3, -0.25) is 0 Å². The Bertz CT molecular complexity index is 398. The van der Waals surface area contributed by atoms with E-state index in [-0.39, 0.29) is 0 Å². The molecule has 1 aliphatic heterocycles. The van der Waals surface area contributed by atoms with Gasteiger partial charge in [0.25, 0.3) is 0 Å². The van der Waals surface area contributed by atoms with Gasteiger partial charge in [-0.05, 0) is 44.4 Å². The third kappa shape index (κ3) is 2.19. The first-order valence-corrected chi connectivity index (χ1v) is 6.78. The van der Waals surface area contributed by atoms with Gasteiger partial charge in [0.15, 0.2) is 0 Å². The highest BCUT2D eigenvalue weighted by Crippen LogP contribution is 2.36. The molecule has 3 rings (SSSR count). The monoisotopic (exact) mass is 230 g/mol. The summed E-state index contributed by atoms with van der Waals surface area (Å²) in [4.78, 5) is 2.55. The van der Waals surface area contributed by atoms with Crippen LogP contribution in [0.2, 0.25) is 0 Å². The summed E-state index contributed by atoms with van der Waals surface area (Å²) in [5, 5.41) is 3.51. The summed E-state index contributed by atoms with van der Waals surface area (Å²) in [5.74, 6) is 1.63. The molecule has 1 saturated carbocycles. The molecule has 2 unspecified atom stereocenters. The number of fused-ring (bicyclic) bond motifs is 1. The first-order valence-electron chi connectivity index (χ1n) is 6.78. The minimum absolute atomic E-state index is 0.664. The van der Waals surface area contributed by atoms with Crippen LogP contribution in [0.25, 0.3) is 0 Å². The Morgan fingerprint density at radius 1 is 1.35 bits per heavy atom. The van der Waals surface area contributed by atoms with E-state index in [1.165, 1.54) is 30.6 Å². The van der Waals surface area contributed by atoms with Gasteiger partial charge in [-0.2, -0.15) is 0 Å². The van der Waals surface area contributed by atoms with E-state index in [2.05, 4.69) is 48.5 Å². The molecular weight excluding hydrogens is 208 g/mol. The maximum Gasteiger partial charge on any atom is 0.0376 e. The zero-order chi connectivity index (χ0) is 11.8. The van der Waals surface area contributed by atoms with E-state index < -0.39 is 0 Å². The van der Waals surface area contributed by atoms with Gasteiger partial charge in [-0.15, -0.1) is 0 Å². The van der Waals surface area contributed by atoms with Gasteiger partial charge in [0.2, 0.25) is 0 Å². The number of likely N-dealkylation sites (N-methyl/N-ethyl adjacent to an activating group) is 1. The van der Waals surface area contributed by atoms with Gasteiger partial charge in [-0.25, -0.2) is 0 Å². The molecule has 92 valence electrons. The molecular formula is C15H22N2. The van der Waals surface area contributed by atoms with E-state index in [9.17, 15) is 0 Å². The molecule has 0 saturated heterocycles. The molecule has 1 fully saturated rings. The standard InChI is InChI=1S/C15H22N2/c1-11(12-7-8-12)17(2)10-13-9-16-15-6-4-3-5-14(13)15/h3-6,11-13,16H,7-10H2,1-2H3. The normalized spacial score (nSPS) is 24.5. The maximum atomic E-state index is 3.51. The van der Waals surface area contributed by atoms with Crippen LogP contribution in [0.5, 0.6) is 0 Å². The van der Waals surface area contributed by atoms with Gasteiger partial charge >= 0.3 is 0 Å². The van der Waals surface area contributed by atoms with Crippen LogP contribution in [-0.2, 0) is 0 Å². The first-order chi connectivity index (χ1) is 8.25. The van der Waals surface area contributed by atoms with Gasteiger partial charge in [0.05, 0.1) is 0 Å². The van der Waals surface area contributed by atoms with Crippen molar-refractivity contribution in [1.82, 2.24) is 4.90 Å². The molecule has 2 atom stereocenters. The Morgan fingerprint density at radius 2 is 2.12 bits per heavy atom. The molecule has 1 aromatic carbocycles. The lowest BCUT2D eigenvalue weighted by molar-refractivity contribution is 0.224. The summed E-state index contributed by atoms with van der Waals surface area (Å²) in [6.07, 6.45) is 2.87. The van der Waals surface area contributed by atoms with Gasteiger partial charge in [-0.1, -0.05) is 18.2 Å². The van der Waals surface area contributed by atoms with Crippen molar-refractivity contribution in [1.29, 1.82) is 0 Å². The molecule has 2 nitrogen and oxygen atoms in total. The number of anilines is 1. The van der Waals surface area contributed by atoms with E-state index in [0.29, 0.717) is 5.92 Å². The Hall–Kier alpha value is -1.02. The number of nitrogens with one attached hydrogen (secondary N) is 1. The maximum absolute atomic E-state index is 3.51. The fourth-order valence-corrected chi connectivity index (χ4v) is 2.97. The number of hydrogen-bond acceptors (Lipinski definition) is 2. The SMILES string of the molecule is CC(C1CC1)N(C)CC1CNc2ccccc21. The number of nitrogens with zero attached hydrogens (tertiary/aromatic N) is 1. The summed E-state index contributed by atoms with van der Waals surface area (Å²) in [6.45, 7) is 4.66. The van der Waals surface area contributed by atoms with Gasteiger partial charge in [0, 0.05) is 30.7 Å². The first kappa shape index (κ1) is 11.1. The lowest BCUT2D eigenvalue weighted by Crippen LogP contribution is -2.34. The molecule has 0 radical (unpaired) electrons. The second-order valence-electron chi connectivity index (χ2n) is 5.68. The Labute approximate surface area is 104 Å². The van der Waals surface area contributed by atoms with Crippen molar-refractivity contribution in [3.63, 3.8) is 0 Å². The Morgan fingerprint density at radius 3 is 2.88 bits per heavy atom. The summed E-state index contributed by atoms with van der Waals surface area (Å²) in [5.41, 5.74) is 2.84. The molecule has 0 spiro atoms. The zero-order valence-electron chi connectivity index (χ0n) is 10.8. The van der Waals surface area contributed by atoms with Crippen molar-refractivity contribution in [3.05, 3.63) is 29.8 Å². The summed E-state index contributed by atoms with van der Waals surface area (Å²) in [7, 11) is 2.28. The van der Waals surface area contributed by atoms with Gasteiger partial charge in [0.1, 0.15) is 0 Å². The average Bonchev–Trinajstić information content (AvgIpc) is 3.12. The van der Waals surface area contributed by atoms with Crippen LogP contribution in [-0.4, -0.2) is 31.1 Å².